The van der Waals surface area contributed by atoms with Gasteiger partial charge in [0.25, 0.3) is 0 Å². The van der Waals surface area contributed by atoms with Crippen molar-refractivity contribution in [1.29, 1.82) is 0 Å². The second-order valence-corrected chi connectivity index (χ2v) is 3.10. The number of hydrogen-bond donors (Lipinski definition) is 0. The first-order chi connectivity index (χ1) is 5.74. The largest absolute Gasteiger partial charge is 0.113 e. The minimum absolute atomic E-state index is 0.353. The molecule has 0 N–H and O–H groups in total. The first-order valence-electron chi connectivity index (χ1n) is 3.55. The van der Waals surface area contributed by atoms with Crippen LogP contribution in [0.25, 0.3) is 0 Å². The molecule has 0 heterocycles. The van der Waals surface area contributed by atoms with E-state index in [1.807, 2.05) is 25.1 Å². The highest BCUT2D eigenvalue weighted by Gasteiger charge is 1.94. The molecule has 0 aliphatic carbocycles. The summed E-state index contributed by atoms with van der Waals surface area (Å²) in [6.45, 7) is 1.99. The lowest BCUT2D eigenvalue weighted by Crippen LogP contribution is -1.81. The Hall–Kier alpha value is -0.640. The molecule has 0 amide bonds. The average Bonchev–Trinajstić information content (AvgIpc) is 2.07. The number of aryl methyl sites for hydroxylation is 1. The summed E-state index contributed by atoms with van der Waals surface area (Å²) >= 11 is 11.2. The molecule has 0 saturated carbocycles. The Bertz CT molecular complexity index is 331. The Kier molecular flexibility index (Phi) is 3.47. The number of benzene rings is 1. The van der Waals surface area contributed by atoms with Gasteiger partial charge < -0.3 is 0 Å². The molecule has 0 unspecified atom stereocenters. The third kappa shape index (κ3) is 2.44. The van der Waals surface area contributed by atoms with Crippen molar-refractivity contribution in [3.05, 3.63) is 34.3 Å². The molecule has 0 nitrogen and oxygen atoms in total. The van der Waals surface area contributed by atoms with Crippen LogP contribution in [-0.2, 0) is 0 Å². The second kappa shape index (κ2) is 4.40. The predicted molar refractivity (Wildman–Crippen MR) is 53.8 cm³/mol. The Morgan fingerprint density at radius 2 is 2.17 bits per heavy atom. The van der Waals surface area contributed by atoms with Gasteiger partial charge in [0.05, 0.1) is 5.88 Å². The van der Waals surface area contributed by atoms with Gasteiger partial charge in [-0.2, -0.15) is 0 Å². The number of hydrogen-bond acceptors (Lipinski definition) is 0. The molecule has 2 heteroatoms. The first-order valence-corrected chi connectivity index (χ1v) is 4.46. The Morgan fingerprint density at radius 1 is 1.42 bits per heavy atom. The third-order valence-electron chi connectivity index (χ3n) is 1.49. The lowest BCUT2D eigenvalue weighted by molar-refractivity contribution is 1.44. The second-order valence-electron chi connectivity index (χ2n) is 2.39. The first kappa shape index (κ1) is 9.45. The number of rotatable bonds is 0. The fraction of sp³-hybridized carbons (Fsp3) is 0.200. The molecule has 0 atom stereocenters. The molecule has 0 aliphatic rings. The van der Waals surface area contributed by atoms with Crippen molar-refractivity contribution in [1.82, 2.24) is 0 Å². The standard InChI is InChI=1S/C10H8Cl2/c1-8-4-5-10(12)7-9(8)3-2-6-11/h4-5,7H,6H2,1H3. The lowest BCUT2D eigenvalue weighted by atomic mass is 10.1. The molecule has 0 spiro atoms. The van der Waals surface area contributed by atoms with Gasteiger partial charge in [0.15, 0.2) is 0 Å². The van der Waals surface area contributed by atoms with E-state index in [1.54, 1.807) is 0 Å². The van der Waals surface area contributed by atoms with Gasteiger partial charge in [-0.3, -0.25) is 0 Å². The van der Waals surface area contributed by atoms with Gasteiger partial charge in [0.1, 0.15) is 0 Å². The van der Waals surface area contributed by atoms with Gasteiger partial charge in [0, 0.05) is 10.6 Å². The van der Waals surface area contributed by atoms with Crippen molar-refractivity contribution in [2.75, 3.05) is 5.88 Å². The van der Waals surface area contributed by atoms with Gasteiger partial charge >= 0.3 is 0 Å². The van der Waals surface area contributed by atoms with E-state index >= 15 is 0 Å². The number of halogens is 2. The zero-order valence-electron chi connectivity index (χ0n) is 6.70. The summed E-state index contributed by atoms with van der Waals surface area (Å²) in [5.74, 6) is 6.08. The smallest absolute Gasteiger partial charge is 0.0839 e. The van der Waals surface area contributed by atoms with Crippen LogP contribution in [-0.4, -0.2) is 5.88 Å². The van der Waals surface area contributed by atoms with Crippen LogP contribution in [0.1, 0.15) is 11.1 Å². The average molecular weight is 199 g/mol. The molecule has 62 valence electrons. The maximum atomic E-state index is 5.79. The van der Waals surface area contributed by atoms with E-state index in [0.717, 1.165) is 11.1 Å². The maximum absolute atomic E-state index is 5.79. The molecule has 1 aromatic rings. The fourth-order valence-electron chi connectivity index (χ4n) is 0.858. The van der Waals surface area contributed by atoms with Crippen molar-refractivity contribution < 1.29 is 0 Å². The quantitative estimate of drug-likeness (QED) is 0.444. The van der Waals surface area contributed by atoms with Crippen molar-refractivity contribution in [3.63, 3.8) is 0 Å². The van der Waals surface area contributed by atoms with E-state index in [2.05, 4.69) is 11.8 Å². The lowest BCUT2D eigenvalue weighted by Gasteiger charge is -1.97. The van der Waals surface area contributed by atoms with Crippen molar-refractivity contribution >= 4 is 23.2 Å². The van der Waals surface area contributed by atoms with Gasteiger partial charge in [0.2, 0.25) is 0 Å². The van der Waals surface area contributed by atoms with E-state index in [9.17, 15) is 0 Å². The Labute approximate surface area is 82.5 Å². The maximum Gasteiger partial charge on any atom is 0.0839 e. The summed E-state index contributed by atoms with van der Waals surface area (Å²) in [6, 6.07) is 5.64. The summed E-state index contributed by atoms with van der Waals surface area (Å²) in [5.41, 5.74) is 2.07. The highest BCUT2D eigenvalue weighted by molar-refractivity contribution is 6.30. The molecule has 12 heavy (non-hydrogen) atoms. The van der Waals surface area contributed by atoms with E-state index in [4.69, 9.17) is 23.2 Å². The molecule has 0 radical (unpaired) electrons. The summed E-state index contributed by atoms with van der Waals surface area (Å²) in [4.78, 5) is 0. The molecule has 1 rings (SSSR count). The summed E-state index contributed by atoms with van der Waals surface area (Å²) < 4.78 is 0. The monoisotopic (exact) mass is 198 g/mol. The van der Waals surface area contributed by atoms with Gasteiger partial charge in [-0.1, -0.05) is 29.5 Å². The highest BCUT2D eigenvalue weighted by Crippen LogP contribution is 2.13. The van der Waals surface area contributed by atoms with Crippen molar-refractivity contribution in [2.24, 2.45) is 0 Å². The van der Waals surface area contributed by atoms with Crippen LogP contribution in [0.5, 0.6) is 0 Å². The van der Waals surface area contributed by atoms with Crippen LogP contribution in [0.15, 0.2) is 18.2 Å². The van der Waals surface area contributed by atoms with E-state index in [0.29, 0.717) is 10.9 Å². The molecule has 0 fully saturated rings. The van der Waals surface area contributed by atoms with E-state index < -0.39 is 0 Å². The Balaban J connectivity index is 3.05. The van der Waals surface area contributed by atoms with E-state index in [-0.39, 0.29) is 0 Å². The van der Waals surface area contributed by atoms with Crippen LogP contribution >= 0.6 is 23.2 Å². The van der Waals surface area contributed by atoms with Gasteiger partial charge in [-0.15, -0.1) is 11.6 Å². The Morgan fingerprint density at radius 3 is 2.83 bits per heavy atom. The topological polar surface area (TPSA) is 0 Å². The zero-order chi connectivity index (χ0) is 8.97. The van der Waals surface area contributed by atoms with Crippen LogP contribution < -0.4 is 0 Å². The minimum Gasteiger partial charge on any atom is -0.113 e. The van der Waals surface area contributed by atoms with Crippen LogP contribution in [0.4, 0.5) is 0 Å². The van der Waals surface area contributed by atoms with Gasteiger partial charge in [-0.05, 0) is 24.6 Å². The van der Waals surface area contributed by atoms with Crippen molar-refractivity contribution in [2.45, 2.75) is 6.92 Å². The zero-order valence-corrected chi connectivity index (χ0v) is 8.21. The predicted octanol–water partition coefficient (Wildman–Crippen LogP) is 3.24. The van der Waals surface area contributed by atoms with Crippen LogP contribution in [0.2, 0.25) is 5.02 Å². The van der Waals surface area contributed by atoms with E-state index in [1.165, 1.54) is 0 Å². The van der Waals surface area contributed by atoms with Crippen LogP contribution in [0.3, 0.4) is 0 Å². The molecular weight excluding hydrogens is 191 g/mol. The SMILES string of the molecule is Cc1ccc(Cl)cc1C#CCCl. The summed E-state index contributed by atoms with van der Waals surface area (Å²) in [7, 11) is 0. The molecular formula is C10H8Cl2. The highest BCUT2D eigenvalue weighted by atomic mass is 35.5. The van der Waals surface area contributed by atoms with Crippen molar-refractivity contribution in [3.8, 4) is 11.8 Å². The normalized spacial score (nSPS) is 8.92. The molecule has 0 aromatic heterocycles. The van der Waals surface area contributed by atoms with Gasteiger partial charge in [-0.25, -0.2) is 0 Å². The molecule has 0 aliphatic heterocycles. The molecule has 1 aromatic carbocycles. The summed E-state index contributed by atoms with van der Waals surface area (Å²) in [5, 5.41) is 0.708. The molecule has 0 saturated heterocycles. The number of alkyl halides is 1. The fourth-order valence-corrected chi connectivity index (χ4v) is 1.10. The summed E-state index contributed by atoms with van der Waals surface area (Å²) in [6.07, 6.45) is 0. The molecule has 0 bridgehead atoms. The third-order valence-corrected chi connectivity index (χ3v) is 1.86. The van der Waals surface area contributed by atoms with Crippen LogP contribution in [0, 0.1) is 18.8 Å². The minimum atomic E-state index is 0.353.